The summed E-state index contributed by atoms with van der Waals surface area (Å²) < 4.78 is 32.5. The van der Waals surface area contributed by atoms with E-state index in [1.807, 2.05) is 37.3 Å². The van der Waals surface area contributed by atoms with Crippen LogP contribution in [0.25, 0.3) is 10.6 Å². The summed E-state index contributed by atoms with van der Waals surface area (Å²) in [5.74, 6) is 0.616. The van der Waals surface area contributed by atoms with Gasteiger partial charge in [-0.3, -0.25) is 0 Å². The largest absolute Gasteiger partial charge is 0.497 e. The molecule has 1 heterocycles. The molecule has 0 saturated carbocycles. The highest BCUT2D eigenvalue weighted by atomic mass is 32.2. The number of aromatic nitrogens is 1. The molecule has 1 aromatic heterocycles. The number of hydrogen-bond donors (Lipinski definition) is 1. The zero-order valence-electron chi connectivity index (χ0n) is 13.9. The topological polar surface area (TPSA) is 68.3 Å². The molecule has 3 rings (SSSR count). The van der Waals surface area contributed by atoms with Crippen molar-refractivity contribution in [3.05, 3.63) is 65.2 Å². The van der Waals surface area contributed by atoms with Crippen molar-refractivity contribution in [1.82, 2.24) is 9.71 Å². The minimum absolute atomic E-state index is 0.207. The molecule has 0 saturated heterocycles. The number of methoxy groups -OCH3 is 1. The molecule has 7 heteroatoms. The first-order chi connectivity index (χ1) is 12.0. The van der Waals surface area contributed by atoms with Crippen molar-refractivity contribution in [2.45, 2.75) is 18.4 Å². The van der Waals surface area contributed by atoms with Crippen molar-refractivity contribution in [2.75, 3.05) is 7.11 Å². The Kier molecular flexibility index (Phi) is 5.17. The predicted octanol–water partition coefficient (Wildman–Crippen LogP) is 3.61. The van der Waals surface area contributed by atoms with E-state index in [9.17, 15) is 8.42 Å². The van der Waals surface area contributed by atoms with E-state index in [4.69, 9.17) is 4.74 Å². The Morgan fingerprint density at radius 1 is 1.08 bits per heavy atom. The quantitative estimate of drug-likeness (QED) is 0.716. The molecule has 0 radical (unpaired) electrons. The first kappa shape index (κ1) is 17.6. The van der Waals surface area contributed by atoms with Gasteiger partial charge >= 0.3 is 0 Å². The maximum atomic E-state index is 12.4. The first-order valence-electron chi connectivity index (χ1n) is 7.65. The lowest BCUT2D eigenvalue weighted by atomic mass is 10.2. The Morgan fingerprint density at radius 2 is 1.76 bits per heavy atom. The molecule has 0 unspecified atom stereocenters. The summed E-state index contributed by atoms with van der Waals surface area (Å²) in [6.45, 7) is 2.10. The van der Waals surface area contributed by atoms with Crippen molar-refractivity contribution in [1.29, 1.82) is 0 Å². The molecule has 0 bridgehead atoms. The number of benzene rings is 2. The van der Waals surface area contributed by atoms with Crippen LogP contribution < -0.4 is 9.46 Å². The van der Waals surface area contributed by atoms with Gasteiger partial charge < -0.3 is 4.74 Å². The molecule has 130 valence electrons. The van der Waals surface area contributed by atoms with Crippen LogP contribution >= 0.6 is 11.3 Å². The molecule has 5 nitrogen and oxygen atoms in total. The minimum atomic E-state index is -3.58. The third-order valence-electron chi connectivity index (χ3n) is 3.71. The van der Waals surface area contributed by atoms with E-state index >= 15 is 0 Å². The summed E-state index contributed by atoms with van der Waals surface area (Å²) in [4.78, 5) is 5.65. The Morgan fingerprint density at radius 3 is 2.40 bits per heavy atom. The molecule has 0 fully saturated rings. The molecular weight excluding hydrogens is 356 g/mol. The number of nitrogens with one attached hydrogen (secondary N) is 1. The summed E-state index contributed by atoms with van der Waals surface area (Å²) in [6, 6.07) is 16.1. The third kappa shape index (κ3) is 4.07. The molecule has 0 spiro atoms. The second-order valence-corrected chi connectivity index (χ2v) is 8.24. The van der Waals surface area contributed by atoms with E-state index in [0.29, 0.717) is 5.75 Å². The van der Waals surface area contributed by atoms with Crippen molar-refractivity contribution < 1.29 is 13.2 Å². The number of thiazole rings is 1. The van der Waals surface area contributed by atoms with Crippen LogP contribution in [0.4, 0.5) is 0 Å². The SMILES string of the molecule is COc1ccc(S(=O)(=O)NCc2sc(-c3ccccc3)nc2C)cc1. The van der Waals surface area contributed by atoms with Crippen LogP contribution in [0.1, 0.15) is 10.6 Å². The standard InChI is InChI=1S/C18H18N2O3S2/c1-13-17(24-18(20-13)14-6-4-3-5-7-14)12-19-25(21,22)16-10-8-15(23-2)9-11-16/h3-11,19H,12H2,1-2H3. The van der Waals surface area contributed by atoms with Gasteiger partial charge in [-0.2, -0.15) is 0 Å². The maximum absolute atomic E-state index is 12.4. The average Bonchev–Trinajstić information content (AvgIpc) is 3.02. The van der Waals surface area contributed by atoms with Gasteiger partial charge in [0.05, 0.1) is 17.7 Å². The highest BCUT2D eigenvalue weighted by Crippen LogP contribution is 2.28. The molecule has 0 atom stereocenters. The Labute approximate surface area is 151 Å². The molecule has 25 heavy (non-hydrogen) atoms. The van der Waals surface area contributed by atoms with Crippen LogP contribution in [-0.4, -0.2) is 20.5 Å². The van der Waals surface area contributed by atoms with Crippen LogP contribution in [0.3, 0.4) is 0 Å². The van der Waals surface area contributed by atoms with Crippen molar-refractivity contribution >= 4 is 21.4 Å². The van der Waals surface area contributed by atoms with Crippen molar-refractivity contribution in [3.8, 4) is 16.3 Å². The number of ether oxygens (including phenoxy) is 1. The summed E-state index contributed by atoms with van der Waals surface area (Å²) in [7, 11) is -2.04. The van der Waals surface area contributed by atoms with E-state index in [1.165, 1.54) is 23.5 Å². The van der Waals surface area contributed by atoms with Gasteiger partial charge in [-0.15, -0.1) is 11.3 Å². The van der Waals surface area contributed by atoms with Crippen LogP contribution in [0.5, 0.6) is 5.75 Å². The fourth-order valence-corrected chi connectivity index (χ4v) is 4.39. The van der Waals surface area contributed by atoms with Gasteiger partial charge in [0.25, 0.3) is 0 Å². The normalized spacial score (nSPS) is 11.4. The number of aryl methyl sites for hydroxylation is 1. The average molecular weight is 374 g/mol. The monoisotopic (exact) mass is 374 g/mol. The van der Waals surface area contributed by atoms with Gasteiger partial charge in [-0.1, -0.05) is 30.3 Å². The lowest BCUT2D eigenvalue weighted by Gasteiger charge is -2.07. The third-order valence-corrected chi connectivity index (χ3v) is 6.33. The smallest absolute Gasteiger partial charge is 0.240 e. The Hall–Kier alpha value is -2.22. The van der Waals surface area contributed by atoms with Gasteiger partial charge in [-0.05, 0) is 31.2 Å². The molecular formula is C18H18N2O3S2. The predicted molar refractivity (Wildman–Crippen MR) is 99.3 cm³/mol. The zero-order chi connectivity index (χ0) is 17.9. The Bertz CT molecular complexity index is 950. The lowest BCUT2D eigenvalue weighted by Crippen LogP contribution is -2.23. The number of sulfonamides is 1. The summed E-state index contributed by atoms with van der Waals surface area (Å²) >= 11 is 1.50. The highest BCUT2D eigenvalue weighted by Gasteiger charge is 2.16. The Balaban J connectivity index is 1.75. The van der Waals surface area contributed by atoms with Crippen LogP contribution in [0.2, 0.25) is 0 Å². The fourth-order valence-electron chi connectivity index (χ4n) is 2.30. The van der Waals surface area contributed by atoms with E-state index in [-0.39, 0.29) is 11.4 Å². The van der Waals surface area contributed by atoms with Gasteiger partial charge in [-0.25, -0.2) is 18.1 Å². The van der Waals surface area contributed by atoms with Crippen molar-refractivity contribution in [2.24, 2.45) is 0 Å². The van der Waals surface area contributed by atoms with Gasteiger partial charge in [0.15, 0.2) is 0 Å². The van der Waals surface area contributed by atoms with Crippen LogP contribution in [-0.2, 0) is 16.6 Å². The molecule has 2 aromatic carbocycles. The number of nitrogens with zero attached hydrogens (tertiary/aromatic N) is 1. The number of rotatable bonds is 6. The first-order valence-corrected chi connectivity index (χ1v) is 9.95. The molecule has 0 amide bonds. The minimum Gasteiger partial charge on any atom is -0.497 e. The molecule has 0 aliphatic rings. The van der Waals surface area contributed by atoms with Gasteiger partial charge in [0.2, 0.25) is 10.0 Å². The van der Waals surface area contributed by atoms with Gasteiger partial charge in [0.1, 0.15) is 10.8 Å². The summed E-state index contributed by atoms with van der Waals surface area (Å²) in [6.07, 6.45) is 0. The maximum Gasteiger partial charge on any atom is 0.240 e. The second kappa shape index (κ2) is 7.35. The van der Waals surface area contributed by atoms with E-state index in [0.717, 1.165) is 21.1 Å². The van der Waals surface area contributed by atoms with E-state index in [1.54, 1.807) is 19.2 Å². The van der Waals surface area contributed by atoms with Gasteiger partial charge in [0, 0.05) is 17.0 Å². The molecule has 3 aromatic rings. The number of hydrogen-bond acceptors (Lipinski definition) is 5. The van der Waals surface area contributed by atoms with Crippen LogP contribution in [0, 0.1) is 6.92 Å². The highest BCUT2D eigenvalue weighted by molar-refractivity contribution is 7.89. The second-order valence-electron chi connectivity index (χ2n) is 5.39. The summed E-state index contributed by atoms with van der Waals surface area (Å²) in [5, 5.41) is 0.886. The lowest BCUT2D eigenvalue weighted by molar-refractivity contribution is 0.414. The van der Waals surface area contributed by atoms with E-state index < -0.39 is 10.0 Å². The summed E-state index contributed by atoms with van der Waals surface area (Å²) in [5.41, 5.74) is 1.86. The molecule has 0 aliphatic heterocycles. The molecule has 1 N–H and O–H groups in total. The molecule has 0 aliphatic carbocycles. The fraction of sp³-hybridized carbons (Fsp3) is 0.167. The van der Waals surface area contributed by atoms with E-state index in [2.05, 4.69) is 9.71 Å². The zero-order valence-corrected chi connectivity index (χ0v) is 15.5. The van der Waals surface area contributed by atoms with Crippen molar-refractivity contribution in [3.63, 3.8) is 0 Å². The van der Waals surface area contributed by atoms with Crippen LogP contribution in [0.15, 0.2) is 59.5 Å².